The Kier molecular flexibility index (Phi) is 2.73. The van der Waals surface area contributed by atoms with E-state index in [-0.39, 0.29) is 5.91 Å². The summed E-state index contributed by atoms with van der Waals surface area (Å²) in [6.07, 6.45) is 1.43. The molecular formula is C10H15N3O2. The van der Waals surface area contributed by atoms with E-state index in [9.17, 15) is 4.79 Å². The summed E-state index contributed by atoms with van der Waals surface area (Å²) in [5.74, 6) is 0.0295. The molecule has 1 saturated heterocycles. The number of nitrogens with zero attached hydrogens (tertiary/aromatic N) is 3. The molecule has 15 heavy (non-hydrogen) atoms. The Morgan fingerprint density at radius 1 is 1.40 bits per heavy atom. The Morgan fingerprint density at radius 2 is 2.07 bits per heavy atom. The van der Waals surface area contributed by atoms with Crippen LogP contribution in [0.3, 0.4) is 0 Å². The van der Waals surface area contributed by atoms with Gasteiger partial charge in [0.05, 0.1) is 5.69 Å². The first kappa shape index (κ1) is 10.2. The average Bonchev–Trinajstić information content (AvgIpc) is 2.65. The van der Waals surface area contributed by atoms with Gasteiger partial charge in [0.1, 0.15) is 11.8 Å². The van der Waals surface area contributed by atoms with Gasteiger partial charge in [0, 0.05) is 26.2 Å². The summed E-state index contributed by atoms with van der Waals surface area (Å²) < 4.78 is 4.77. The van der Waals surface area contributed by atoms with E-state index >= 15 is 0 Å². The molecule has 0 radical (unpaired) electrons. The van der Waals surface area contributed by atoms with Gasteiger partial charge in [0.25, 0.3) is 5.91 Å². The van der Waals surface area contributed by atoms with E-state index in [2.05, 4.69) is 17.1 Å². The molecular weight excluding hydrogens is 194 g/mol. The standard InChI is InChI=1S/C10H15N3O2/c1-8-9(7-15-11-8)10(14)13-5-3-12(2)4-6-13/h7H,3-6H2,1-2H3. The van der Waals surface area contributed by atoms with Gasteiger partial charge in [-0.2, -0.15) is 0 Å². The molecule has 0 aliphatic carbocycles. The van der Waals surface area contributed by atoms with E-state index < -0.39 is 0 Å². The molecule has 82 valence electrons. The Hall–Kier alpha value is -1.36. The monoisotopic (exact) mass is 209 g/mol. The molecule has 0 aromatic carbocycles. The normalized spacial score (nSPS) is 18.1. The maximum atomic E-state index is 12.0. The Balaban J connectivity index is 2.06. The van der Waals surface area contributed by atoms with E-state index in [0.717, 1.165) is 26.2 Å². The van der Waals surface area contributed by atoms with E-state index in [1.54, 1.807) is 6.92 Å². The molecule has 2 heterocycles. The number of piperazine rings is 1. The SMILES string of the molecule is Cc1nocc1C(=O)N1CCN(C)CC1. The van der Waals surface area contributed by atoms with Crippen molar-refractivity contribution in [2.45, 2.75) is 6.92 Å². The van der Waals surface area contributed by atoms with Crippen LogP contribution < -0.4 is 0 Å². The lowest BCUT2D eigenvalue weighted by molar-refractivity contribution is 0.0663. The summed E-state index contributed by atoms with van der Waals surface area (Å²) in [5.41, 5.74) is 1.25. The van der Waals surface area contributed by atoms with Crippen molar-refractivity contribution < 1.29 is 9.32 Å². The summed E-state index contributed by atoms with van der Waals surface area (Å²) in [4.78, 5) is 16.1. The molecule has 5 heteroatoms. The number of amides is 1. The van der Waals surface area contributed by atoms with Crippen LogP contribution >= 0.6 is 0 Å². The third-order valence-electron chi connectivity index (χ3n) is 2.77. The lowest BCUT2D eigenvalue weighted by Crippen LogP contribution is -2.47. The highest BCUT2D eigenvalue weighted by atomic mass is 16.5. The zero-order valence-corrected chi connectivity index (χ0v) is 9.06. The Morgan fingerprint density at radius 3 is 2.60 bits per heavy atom. The molecule has 0 unspecified atom stereocenters. The third-order valence-corrected chi connectivity index (χ3v) is 2.77. The molecule has 0 saturated carbocycles. The molecule has 5 nitrogen and oxygen atoms in total. The lowest BCUT2D eigenvalue weighted by atomic mass is 10.2. The average molecular weight is 209 g/mol. The quantitative estimate of drug-likeness (QED) is 0.670. The summed E-state index contributed by atoms with van der Waals surface area (Å²) >= 11 is 0. The van der Waals surface area contributed by atoms with Crippen molar-refractivity contribution in [1.82, 2.24) is 15.0 Å². The second-order valence-electron chi connectivity index (χ2n) is 3.91. The summed E-state index contributed by atoms with van der Waals surface area (Å²) in [6.45, 7) is 5.19. The number of aromatic nitrogens is 1. The van der Waals surface area contributed by atoms with Crippen LogP contribution in [0.25, 0.3) is 0 Å². The molecule has 1 aliphatic heterocycles. The van der Waals surface area contributed by atoms with Crippen molar-refractivity contribution >= 4 is 5.91 Å². The number of rotatable bonds is 1. The molecule has 1 fully saturated rings. The lowest BCUT2D eigenvalue weighted by Gasteiger charge is -2.32. The molecule has 0 N–H and O–H groups in total. The van der Waals surface area contributed by atoms with Gasteiger partial charge in [-0.15, -0.1) is 0 Å². The molecule has 1 amide bonds. The minimum atomic E-state index is 0.0295. The van der Waals surface area contributed by atoms with Gasteiger partial charge in [-0.1, -0.05) is 5.16 Å². The predicted molar refractivity (Wildman–Crippen MR) is 54.6 cm³/mol. The second-order valence-corrected chi connectivity index (χ2v) is 3.91. The zero-order chi connectivity index (χ0) is 10.8. The first-order valence-electron chi connectivity index (χ1n) is 5.07. The largest absolute Gasteiger partial charge is 0.364 e. The van der Waals surface area contributed by atoms with Crippen LogP contribution in [-0.4, -0.2) is 54.1 Å². The summed E-state index contributed by atoms with van der Waals surface area (Å²) in [6, 6.07) is 0. The van der Waals surface area contributed by atoms with Crippen molar-refractivity contribution in [3.8, 4) is 0 Å². The maximum Gasteiger partial charge on any atom is 0.259 e. The fraction of sp³-hybridized carbons (Fsp3) is 0.600. The number of aryl methyl sites for hydroxylation is 1. The molecule has 2 rings (SSSR count). The first-order chi connectivity index (χ1) is 7.18. The predicted octanol–water partition coefficient (Wildman–Crippen LogP) is 0.371. The number of carbonyl (C=O) groups excluding carboxylic acids is 1. The third kappa shape index (κ3) is 2.02. The minimum Gasteiger partial charge on any atom is -0.364 e. The van der Waals surface area contributed by atoms with Crippen LogP contribution in [0, 0.1) is 6.92 Å². The van der Waals surface area contributed by atoms with Crippen molar-refractivity contribution in [3.63, 3.8) is 0 Å². The van der Waals surface area contributed by atoms with Gasteiger partial charge < -0.3 is 14.3 Å². The molecule has 1 aromatic heterocycles. The van der Waals surface area contributed by atoms with E-state index in [4.69, 9.17) is 4.52 Å². The zero-order valence-electron chi connectivity index (χ0n) is 9.06. The summed E-state index contributed by atoms with van der Waals surface area (Å²) in [5, 5.41) is 3.71. The van der Waals surface area contributed by atoms with Gasteiger partial charge in [0.2, 0.25) is 0 Å². The smallest absolute Gasteiger partial charge is 0.259 e. The van der Waals surface area contributed by atoms with Crippen LogP contribution in [0.5, 0.6) is 0 Å². The van der Waals surface area contributed by atoms with Crippen molar-refractivity contribution in [2.24, 2.45) is 0 Å². The summed E-state index contributed by atoms with van der Waals surface area (Å²) in [7, 11) is 2.06. The van der Waals surface area contributed by atoms with Gasteiger partial charge >= 0.3 is 0 Å². The topological polar surface area (TPSA) is 49.6 Å². The minimum absolute atomic E-state index is 0.0295. The Labute approximate surface area is 88.6 Å². The van der Waals surface area contributed by atoms with Gasteiger partial charge in [-0.3, -0.25) is 4.79 Å². The van der Waals surface area contributed by atoms with Crippen LogP contribution in [0.15, 0.2) is 10.8 Å². The van der Waals surface area contributed by atoms with E-state index in [1.807, 2.05) is 4.90 Å². The Bertz CT molecular complexity index is 353. The van der Waals surface area contributed by atoms with Gasteiger partial charge in [-0.05, 0) is 14.0 Å². The second kappa shape index (κ2) is 4.02. The van der Waals surface area contributed by atoms with Crippen LogP contribution in [0.2, 0.25) is 0 Å². The van der Waals surface area contributed by atoms with Crippen LogP contribution in [-0.2, 0) is 0 Å². The molecule has 1 aromatic rings. The number of hydrogen-bond donors (Lipinski definition) is 0. The maximum absolute atomic E-state index is 12.0. The molecule has 0 spiro atoms. The highest BCUT2D eigenvalue weighted by Crippen LogP contribution is 2.10. The van der Waals surface area contributed by atoms with Crippen molar-refractivity contribution in [3.05, 3.63) is 17.5 Å². The van der Waals surface area contributed by atoms with Crippen molar-refractivity contribution in [2.75, 3.05) is 33.2 Å². The van der Waals surface area contributed by atoms with Gasteiger partial charge in [-0.25, -0.2) is 0 Å². The van der Waals surface area contributed by atoms with E-state index in [1.165, 1.54) is 6.26 Å². The number of carbonyl (C=O) groups is 1. The van der Waals surface area contributed by atoms with Crippen LogP contribution in [0.1, 0.15) is 16.1 Å². The number of hydrogen-bond acceptors (Lipinski definition) is 4. The molecule has 1 aliphatic rings. The number of likely N-dealkylation sites (N-methyl/N-ethyl adjacent to an activating group) is 1. The highest BCUT2D eigenvalue weighted by Gasteiger charge is 2.23. The fourth-order valence-electron chi connectivity index (χ4n) is 1.68. The van der Waals surface area contributed by atoms with E-state index in [0.29, 0.717) is 11.3 Å². The van der Waals surface area contributed by atoms with Crippen LogP contribution in [0.4, 0.5) is 0 Å². The fourth-order valence-corrected chi connectivity index (χ4v) is 1.68. The molecule has 0 bridgehead atoms. The highest BCUT2D eigenvalue weighted by molar-refractivity contribution is 5.94. The van der Waals surface area contributed by atoms with Crippen molar-refractivity contribution in [1.29, 1.82) is 0 Å². The first-order valence-corrected chi connectivity index (χ1v) is 5.07. The molecule has 0 atom stereocenters. The van der Waals surface area contributed by atoms with Gasteiger partial charge in [0.15, 0.2) is 0 Å².